The third-order valence-electron chi connectivity index (χ3n) is 6.82. The Bertz CT molecular complexity index is 1570. The maximum absolute atomic E-state index is 13.8. The van der Waals surface area contributed by atoms with Gasteiger partial charge in [0.05, 0.1) is 0 Å². The molecule has 5 rings (SSSR count). The molecule has 1 N–H and O–H groups in total. The molecule has 0 bridgehead atoms. The van der Waals surface area contributed by atoms with Crippen molar-refractivity contribution in [2.24, 2.45) is 5.92 Å². The van der Waals surface area contributed by atoms with Gasteiger partial charge in [-0.1, -0.05) is 94.5 Å². The summed E-state index contributed by atoms with van der Waals surface area (Å²) in [6.45, 7) is 10.3. The van der Waals surface area contributed by atoms with E-state index >= 15 is 0 Å². The van der Waals surface area contributed by atoms with Crippen LogP contribution in [0.5, 0.6) is 5.75 Å². The number of hydrogen-bond acceptors (Lipinski definition) is 6. The highest BCUT2D eigenvalue weighted by atomic mass is 32.2. The predicted molar refractivity (Wildman–Crippen MR) is 161 cm³/mol. The zero-order chi connectivity index (χ0) is 28.6. The third kappa shape index (κ3) is 5.75. The molecular weight excluding hydrogens is 537 g/mol. The zero-order valence-electron chi connectivity index (χ0n) is 23.2. The normalized spacial score (nSPS) is 13.7. The van der Waals surface area contributed by atoms with Crippen LogP contribution >= 0.6 is 23.5 Å². The van der Waals surface area contributed by atoms with Crippen molar-refractivity contribution in [2.45, 2.75) is 65.9 Å². The van der Waals surface area contributed by atoms with Crippen LogP contribution in [0.2, 0.25) is 0 Å². The summed E-state index contributed by atoms with van der Waals surface area (Å²) in [5.41, 5.74) is 3.08. The van der Waals surface area contributed by atoms with E-state index in [9.17, 15) is 14.7 Å². The summed E-state index contributed by atoms with van der Waals surface area (Å²) in [5, 5.41) is 9.99. The van der Waals surface area contributed by atoms with Gasteiger partial charge in [-0.15, -0.1) is 0 Å². The van der Waals surface area contributed by atoms with Crippen LogP contribution in [0.3, 0.4) is 0 Å². The molecule has 0 heterocycles. The Morgan fingerprint density at radius 3 is 1.55 bits per heavy atom. The number of carbonyl (C=O) groups excluding carboxylic acids is 2. The second kappa shape index (κ2) is 11.3. The number of ketones is 2. The number of carbonyl (C=O) groups is 2. The summed E-state index contributed by atoms with van der Waals surface area (Å²) in [6, 6.07) is 26.7. The van der Waals surface area contributed by atoms with Gasteiger partial charge in [0.25, 0.3) is 0 Å². The lowest BCUT2D eigenvalue weighted by Gasteiger charge is -2.22. The van der Waals surface area contributed by atoms with Gasteiger partial charge < -0.3 is 9.84 Å². The Balaban J connectivity index is 1.43. The molecule has 0 aliphatic heterocycles. The summed E-state index contributed by atoms with van der Waals surface area (Å²) >= 11 is 2.94. The molecule has 0 saturated carbocycles. The number of hydrogen-bond donors (Lipinski definition) is 1. The van der Waals surface area contributed by atoms with Crippen molar-refractivity contribution in [1.29, 1.82) is 0 Å². The Labute approximate surface area is 244 Å². The third-order valence-corrected chi connectivity index (χ3v) is 8.96. The summed E-state index contributed by atoms with van der Waals surface area (Å²) < 4.78 is 5.56. The highest BCUT2D eigenvalue weighted by Gasteiger charge is 2.33. The smallest absolute Gasteiger partial charge is 0.199 e. The van der Waals surface area contributed by atoms with E-state index in [4.69, 9.17) is 4.74 Å². The van der Waals surface area contributed by atoms with Crippen LogP contribution < -0.4 is 4.74 Å². The molecule has 0 spiro atoms. The average Bonchev–Trinajstić information content (AvgIpc) is 2.92. The number of ether oxygens (including phenoxy) is 1. The van der Waals surface area contributed by atoms with Gasteiger partial charge in [0.15, 0.2) is 17.9 Å². The summed E-state index contributed by atoms with van der Waals surface area (Å²) in [7, 11) is 0. The predicted octanol–water partition coefficient (Wildman–Crippen LogP) is 8.42. The molecule has 0 aromatic heterocycles. The first-order valence-corrected chi connectivity index (χ1v) is 14.9. The Morgan fingerprint density at radius 2 is 1.12 bits per heavy atom. The fraction of sp³-hybridized carbons (Fsp3) is 0.235. The first-order chi connectivity index (χ1) is 19.0. The molecule has 1 unspecified atom stereocenters. The molecule has 0 fully saturated rings. The number of rotatable bonds is 7. The number of benzene rings is 4. The molecule has 1 aliphatic rings. The Morgan fingerprint density at radius 1 is 0.675 bits per heavy atom. The van der Waals surface area contributed by atoms with Crippen LogP contribution in [0.4, 0.5) is 0 Å². The molecular formula is C34H32O4S2. The summed E-state index contributed by atoms with van der Waals surface area (Å²) in [4.78, 5) is 31.1. The first-order valence-electron chi connectivity index (χ1n) is 13.3. The lowest BCUT2D eigenvalue weighted by atomic mass is 9.84. The van der Waals surface area contributed by atoms with Gasteiger partial charge in [-0.25, -0.2) is 0 Å². The molecule has 0 saturated heterocycles. The monoisotopic (exact) mass is 568 g/mol. The van der Waals surface area contributed by atoms with Gasteiger partial charge in [-0.05, 0) is 59.5 Å². The van der Waals surface area contributed by atoms with Crippen molar-refractivity contribution >= 4 is 35.1 Å². The summed E-state index contributed by atoms with van der Waals surface area (Å²) in [5.74, 6) is 0.272. The molecule has 40 heavy (non-hydrogen) atoms. The topological polar surface area (TPSA) is 63.6 Å². The van der Waals surface area contributed by atoms with Crippen LogP contribution in [0.15, 0.2) is 105 Å². The van der Waals surface area contributed by atoms with E-state index in [-0.39, 0.29) is 22.9 Å². The molecule has 1 atom stereocenters. The van der Waals surface area contributed by atoms with E-state index in [1.807, 2.05) is 50.2 Å². The number of aliphatic hydroxyl groups excluding tert-OH is 1. The van der Waals surface area contributed by atoms with E-state index in [0.29, 0.717) is 28.0 Å². The molecule has 4 aromatic carbocycles. The van der Waals surface area contributed by atoms with E-state index < -0.39 is 6.29 Å². The van der Waals surface area contributed by atoms with E-state index in [2.05, 4.69) is 45.0 Å². The highest BCUT2D eigenvalue weighted by Crippen LogP contribution is 2.41. The maximum atomic E-state index is 13.8. The minimum atomic E-state index is -0.880. The van der Waals surface area contributed by atoms with Crippen molar-refractivity contribution in [1.82, 2.24) is 0 Å². The quantitative estimate of drug-likeness (QED) is 0.199. The van der Waals surface area contributed by atoms with Crippen molar-refractivity contribution in [3.05, 3.63) is 113 Å². The minimum absolute atomic E-state index is 0.0238. The fourth-order valence-corrected chi connectivity index (χ4v) is 6.44. The molecule has 6 heteroatoms. The van der Waals surface area contributed by atoms with Crippen molar-refractivity contribution in [2.75, 3.05) is 0 Å². The molecule has 0 amide bonds. The molecule has 4 aromatic rings. The molecule has 0 radical (unpaired) electrons. The standard InChI is InChI=1S/C34H32O4S2/c1-20(2)33(37)38-22-14-18-24(19-15-22)40-28-11-7-9-26-30(28)32(36)25-8-6-10-27(29(25)31(26)35)39-23-16-12-21(13-17-23)34(3,4)5/h6-20,33,37H,1-5H3. The minimum Gasteiger partial charge on any atom is -0.465 e. The SMILES string of the molecule is CC(C)C(O)Oc1ccc(Sc2cccc3c2C(=O)c2cccc(Sc4ccc(C(C)(C)C)cc4)c2C3=O)cc1. The van der Waals surface area contributed by atoms with Crippen LogP contribution in [0.1, 0.15) is 72.0 Å². The first kappa shape index (κ1) is 28.2. The highest BCUT2D eigenvalue weighted by molar-refractivity contribution is 7.99. The Kier molecular flexibility index (Phi) is 7.96. The number of aliphatic hydroxyl groups is 1. The summed E-state index contributed by atoms with van der Waals surface area (Å²) in [6.07, 6.45) is -0.880. The number of fused-ring (bicyclic) bond motifs is 2. The van der Waals surface area contributed by atoms with Gasteiger partial charge in [0.2, 0.25) is 0 Å². The van der Waals surface area contributed by atoms with Crippen LogP contribution in [-0.4, -0.2) is 23.0 Å². The molecule has 204 valence electrons. The fourth-order valence-electron chi connectivity index (χ4n) is 4.49. The molecule has 4 nitrogen and oxygen atoms in total. The lowest BCUT2D eigenvalue weighted by Crippen LogP contribution is -2.22. The second-order valence-electron chi connectivity index (χ2n) is 11.2. The van der Waals surface area contributed by atoms with Gasteiger partial charge >= 0.3 is 0 Å². The van der Waals surface area contributed by atoms with E-state index in [0.717, 1.165) is 19.6 Å². The lowest BCUT2D eigenvalue weighted by molar-refractivity contribution is -0.0515. The van der Waals surface area contributed by atoms with Crippen LogP contribution in [-0.2, 0) is 5.41 Å². The van der Waals surface area contributed by atoms with E-state index in [1.54, 1.807) is 24.3 Å². The Hall–Kier alpha value is -3.32. The maximum Gasteiger partial charge on any atom is 0.199 e. The van der Waals surface area contributed by atoms with Gasteiger partial charge in [0.1, 0.15) is 5.75 Å². The van der Waals surface area contributed by atoms with Gasteiger partial charge in [-0.3, -0.25) is 9.59 Å². The largest absolute Gasteiger partial charge is 0.465 e. The second-order valence-corrected chi connectivity index (χ2v) is 13.4. The average molecular weight is 569 g/mol. The van der Waals surface area contributed by atoms with E-state index in [1.165, 1.54) is 29.1 Å². The van der Waals surface area contributed by atoms with Crippen LogP contribution in [0, 0.1) is 5.92 Å². The van der Waals surface area contributed by atoms with Gasteiger partial charge in [-0.2, -0.15) is 0 Å². The van der Waals surface area contributed by atoms with Crippen molar-refractivity contribution in [3.63, 3.8) is 0 Å². The van der Waals surface area contributed by atoms with Crippen molar-refractivity contribution in [3.8, 4) is 5.75 Å². The van der Waals surface area contributed by atoms with Crippen molar-refractivity contribution < 1.29 is 19.4 Å². The molecule has 1 aliphatic carbocycles. The van der Waals surface area contributed by atoms with Gasteiger partial charge in [0, 0.05) is 47.8 Å². The van der Waals surface area contributed by atoms with Crippen LogP contribution in [0.25, 0.3) is 0 Å². The zero-order valence-corrected chi connectivity index (χ0v) is 24.9.